The molecule has 2 aromatic carbocycles. The van der Waals surface area contributed by atoms with Crippen molar-refractivity contribution < 1.29 is 33.2 Å². The molecule has 5 N–H and O–H groups in total. The quantitative estimate of drug-likeness (QED) is 0.125. The van der Waals surface area contributed by atoms with E-state index in [9.17, 15) is 29.0 Å². The van der Waals surface area contributed by atoms with E-state index >= 15 is 0 Å². The van der Waals surface area contributed by atoms with E-state index < -0.39 is 27.6 Å². The summed E-state index contributed by atoms with van der Waals surface area (Å²) >= 11 is 0. The van der Waals surface area contributed by atoms with Crippen molar-refractivity contribution in [2.24, 2.45) is 10.2 Å². The zero-order valence-electron chi connectivity index (χ0n) is 28.4. The van der Waals surface area contributed by atoms with Gasteiger partial charge in [0.05, 0.1) is 43.3 Å². The second kappa shape index (κ2) is 16.7. The fourth-order valence-corrected chi connectivity index (χ4v) is 6.32. The van der Waals surface area contributed by atoms with Crippen LogP contribution in [0.5, 0.6) is 11.5 Å². The standard InChI is InChI=1S/C33H45N7O7S/c1-21(41)18-35-31-25(17-34)23(3)30(32(37-31)36-24-11-9-8-10-12-24)39-38-26-15-28(47-7)29(16-27(26)46-6)48(44,45)14-13-40(19-22(2)42)20-33(4,5)43/h8-12,15-16,21-22,41-43H,13-14,18-20H2,1-7H3,(H2,35,36,37)/b39-38+. The van der Waals surface area contributed by atoms with Crippen molar-refractivity contribution >= 4 is 38.5 Å². The van der Waals surface area contributed by atoms with Gasteiger partial charge in [-0.3, -0.25) is 4.90 Å². The van der Waals surface area contributed by atoms with E-state index in [-0.39, 0.29) is 76.9 Å². The maximum absolute atomic E-state index is 13.6. The number of anilines is 3. The molecule has 0 aliphatic heterocycles. The van der Waals surface area contributed by atoms with Gasteiger partial charge in [-0.05, 0) is 46.8 Å². The van der Waals surface area contributed by atoms with Gasteiger partial charge < -0.3 is 35.4 Å². The van der Waals surface area contributed by atoms with Crippen molar-refractivity contribution in [1.29, 1.82) is 5.26 Å². The molecule has 48 heavy (non-hydrogen) atoms. The monoisotopic (exact) mass is 683 g/mol. The largest absolute Gasteiger partial charge is 0.495 e. The molecule has 3 rings (SSSR count). The number of hydrogen-bond acceptors (Lipinski definition) is 14. The van der Waals surface area contributed by atoms with Gasteiger partial charge in [0.1, 0.15) is 39.7 Å². The van der Waals surface area contributed by atoms with Crippen LogP contribution in [0.2, 0.25) is 0 Å². The second-order valence-corrected chi connectivity index (χ2v) is 14.2. The van der Waals surface area contributed by atoms with E-state index in [4.69, 9.17) is 9.47 Å². The molecule has 260 valence electrons. The number of rotatable bonds is 17. The highest BCUT2D eigenvalue weighted by molar-refractivity contribution is 7.91. The molecule has 14 nitrogen and oxygen atoms in total. The molecule has 0 saturated heterocycles. The molecule has 0 fully saturated rings. The Balaban J connectivity index is 2.05. The fraction of sp³-hybridized carbons (Fsp3) is 0.455. The summed E-state index contributed by atoms with van der Waals surface area (Å²) in [5.74, 6) is 0.350. The van der Waals surface area contributed by atoms with Gasteiger partial charge in [-0.15, -0.1) is 10.2 Å². The van der Waals surface area contributed by atoms with E-state index in [0.717, 1.165) is 0 Å². The molecule has 0 bridgehead atoms. The van der Waals surface area contributed by atoms with Crippen LogP contribution in [0.25, 0.3) is 0 Å². The number of nitrogens with zero attached hydrogens (tertiary/aromatic N) is 5. The smallest absolute Gasteiger partial charge is 0.183 e. The first-order valence-electron chi connectivity index (χ1n) is 15.3. The fourth-order valence-electron chi connectivity index (χ4n) is 4.86. The highest BCUT2D eigenvalue weighted by Crippen LogP contribution is 2.41. The lowest BCUT2D eigenvalue weighted by Crippen LogP contribution is -2.43. The molecule has 3 aromatic rings. The Morgan fingerprint density at radius 1 is 1.04 bits per heavy atom. The number of nitriles is 1. The zero-order chi connectivity index (χ0) is 35.6. The summed E-state index contributed by atoms with van der Waals surface area (Å²) in [6, 6.07) is 14.1. The number of para-hydroxylation sites is 1. The van der Waals surface area contributed by atoms with Crippen LogP contribution in [0.4, 0.5) is 28.7 Å². The number of nitrogens with one attached hydrogen (secondary N) is 2. The van der Waals surface area contributed by atoms with Crippen molar-refractivity contribution in [3.63, 3.8) is 0 Å². The maximum atomic E-state index is 13.6. The minimum absolute atomic E-state index is 0.0159. The number of aliphatic hydroxyl groups is 3. The van der Waals surface area contributed by atoms with Gasteiger partial charge in [0, 0.05) is 49.6 Å². The third-order valence-corrected chi connectivity index (χ3v) is 8.70. The predicted octanol–water partition coefficient (Wildman–Crippen LogP) is 4.46. The van der Waals surface area contributed by atoms with E-state index in [2.05, 4.69) is 31.9 Å². The number of azo groups is 1. The lowest BCUT2D eigenvalue weighted by Gasteiger charge is -2.29. The van der Waals surface area contributed by atoms with Gasteiger partial charge in [-0.2, -0.15) is 5.26 Å². The molecule has 1 aromatic heterocycles. The van der Waals surface area contributed by atoms with Crippen molar-refractivity contribution in [2.45, 2.75) is 57.3 Å². The van der Waals surface area contributed by atoms with Crippen LogP contribution in [0, 0.1) is 18.3 Å². The van der Waals surface area contributed by atoms with Crippen LogP contribution in [0.15, 0.2) is 57.6 Å². The Morgan fingerprint density at radius 3 is 2.27 bits per heavy atom. The van der Waals surface area contributed by atoms with Gasteiger partial charge in [0.25, 0.3) is 0 Å². The Bertz CT molecular complexity index is 1720. The molecular weight excluding hydrogens is 638 g/mol. The number of methoxy groups -OCH3 is 2. The molecule has 0 aliphatic carbocycles. The number of ether oxygens (including phenoxy) is 2. The summed E-state index contributed by atoms with van der Waals surface area (Å²) in [4.78, 5) is 6.17. The lowest BCUT2D eigenvalue weighted by atomic mass is 10.1. The maximum Gasteiger partial charge on any atom is 0.183 e. The van der Waals surface area contributed by atoms with Gasteiger partial charge in [0.15, 0.2) is 15.7 Å². The number of sulfone groups is 1. The van der Waals surface area contributed by atoms with Crippen LogP contribution in [0.3, 0.4) is 0 Å². The Kier molecular flexibility index (Phi) is 13.2. The molecule has 1 heterocycles. The average Bonchev–Trinajstić information content (AvgIpc) is 3.01. The minimum Gasteiger partial charge on any atom is -0.495 e. The molecule has 2 atom stereocenters. The number of benzene rings is 2. The van der Waals surface area contributed by atoms with E-state index in [1.54, 1.807) is 39.5 Å². The molecule has 0 amide bonds. The van der Waals surface area contributed by atoms with Crippen LogP contribution in [-0.2, 0) is 9.84 Å². The zero-order valence-corrected chi connectivity index (χ0v) is 29.2. The first-order valence-corrected chi connectivity index (χ1v) is 17.0. The Morgan fingerprint density at radius 2 is 1.71 bits per heavy atom. The van der Waals surface area contributed by atoms with Gasteiger partial charge in [-0.25, -0.2) is 13.4 Å². The summed E-state index contributed by atoms with van der Waals surface area (Å²) in [7, 11) is -1.23. The molecule has 0 saturated carbocycles. The predicted molar refractivity (Wildman–Crippen MR) is 184 cm³/mol. The highest BCUT2D eigenvalue weighted by atomic mass is 32.2. The van der Waals surface area contributed by atoms with E-state index in [1.807, 2.05) is 30.3 Å². The summed E-state index contributed by atoms with van der Waals surface area (Å²) in [5.41, 5.74) is 0.686. The first-order chi connectivity index (χ1) is 22.6. The van der Waals surface area contributed by atoms with Gasteiger partial charge in [-0.1, -0.05) is 18.2 Å². The Labute approximate surface area is 282 Å². The molecule has 0 radical (unpaired) electrons. The van der Waals surface area contributed by atoms with Crippen LogP contribution in [0.1, 0.15) is 38.8 Å². The van der Waals surface area contributed by atoms with Crippen molar-refractivity contribution in [3.05, 3.63) is 53.6 Å². The normalized spacial score (nSPS) is 13.3. The number of aromatic nitrogens is 1. The summed E-state index contributed by atoms with van der Waals surface area (Å²) in [6.45, 7) is 8.68. The van der Waals surface area contributed by atoms with E-state index in [0.29, 0.717) is 11.3 Å². The molecule has 0 spiro atoms. The highest BCUT2D eigenvalue weighted by Gasteiger charge is 2.26. The number of aliphatic hydroxyl groups excluding tert-OH is 2. The summed E-state index contributed by atoms with van der Waals surface area (Å²) in [6.07, 6.45) is -1.41. The lowest BCUT2D eigenvalue weighted by molar-refractivity contribution is 0.0236. The number of hydrogen-bond donors (Lipinski definition) is 5. The van der Waals surface area contributed by atoms with Gasteiger partial charge >= 0.3 is 0 Å². The van der Waals surface area contributed by atoms with Crippen LogP contribution in [-0.4, -0.2) is 97.6 Å². The SMILES string of the molecule is COc1cc(S(=O)(=O)CCN(CC(C)O)CC(C)(C)O)c(OC)cc1/N=N/c1c(Nc2ccccc2)nc(NCC(C)O)c(C#N)c1C. The van der Waals surface area contributed by atoms with Crippen molar-refractivity contribution in [3.8, 4) is 17.6 Å². The minimum atomic E-state index is -3.94. The summed E-state index contributed by atoms with van der Waals surface area (Å²) < 4.78 is 38.1. The molecular formula is C33H45N7O7S. The second-order valence-electron chi connectivity index (χ2n) is 12.1. The van der Waals surface area contributed by atoms with Crippen LogP contribution < -0.4 is 20.1 Å². The summed E-state index contributed by atoms with van der Waals surface area (Å²) in [5, 5.41) is 55.0. The first kappa shape index (κ1) is 38.1. The van der Waals surface area contributed by atoms with E-state index in [1.165, 1.54) is 26.4 Å². The Hall–Kier alpha value is -4.33. The molecule has 2 unspecified atom stereocenters. The molecule has 0 aliphatic rings. The third-order valence-electron chi connectivity index (χ3n) is 7.00. The number of pyridine rings is 1. The van der Waals surface area contributed by atoms with Crippen LogP contribution >= 0.6 is 0 Å². The third kappa shape index (κ3) is 10.6. The van der Waals surface area contributed by atoms with Crippen molar-refractivity contribution in [2.75, 3.05) is 56.8 Å². The van der Waals surface area contributed by atoms with Gasteiger partial charge in [0.2, 0.25) is 0 Å². The molecule has 15 heteroatoms. The average molecular weight is 684 g/mol. The van der Waals surface area contributed by atoms with Crippen molar-refractivity contribution in [1.82, 2.24) is 9.88 Å². The topological polar surface area (TPSA) is 202 Å².